The molecule has 1 aliphatic rings. The van der Waals surface area contributed by atoms with Crippen molar-refractivity contribution in [1.82, 2.24) is 0 Å². The molecule has 0 saturated heterocycles. The molecule has 19 heavy (non-hydrogen) atoms. The molecule has 0 radical (unpaired) electrons. The van der Waals surface area contributed by atoms with E-state index < -0.39 is 0 Å². The first kappa shape index (κ1) is 13.7. The number of methoxy groups -OCH3 is 1. The number of anilines is 2. The van der Waals surface area contributed by atoms with Crippen LogP contribution >= 0.6 is 0 Å². The Bertz CT molecular complexity index is 465. The molecule has 1 aliphatic carbocycles. The molecule has 1 aromatic rings. The van der Waals surface area contributed by atoms with Crippen molar-refractivity contribution in [2.24, 2.45) is 5.41 Å². The number of carbonyl (C=O) groups excluding carboxylic acids is 1. The summed E-state index contributed by atoms with van der Waals surface area (Å²) in [7, 11) is 1.38. The molecular weight excluding hydrogens is 240 g/mol. The van der Waals surface area contributed by atoms with Crippen molar-refractivity contribution in [3.05, 3.63) is 23.8 Å². The van der Waals surface area contributed by atoms with Crippen molar-refractivity contribution < 1.29 is 9.53 Å². The van der Waals surface area contributed by atoms with Crippen molar-refractivity contribution in [2.75, 3.05) is 24.7 Å². The summed E-state index contributed by atoms with van der Waals surface area (Å²) in [5, 5.41) is 3.38. The van der Waals surface area contributed by atoms with Gasteiger partial charge in [0.2, 0.25) is 0 Å². The molecule has 2 rings (SSSR count). The van der Waals surface area contributed by atoms with Gasteiger partial charge in [-0.2, -0.15) is 0 Å². The Morgan fingerprint density at radius 1 is 1.42 bits per heavy atom. The minimum Gasteiger partial charge on any atom is -0.465 e. The number of hydrogen-bond donors (Lipinski definition) is 2. The van der Waals surface area contributed by atoms with Crippen molar-refractivity contribution in [3.63, 3.8) is 0 Å². The molecule has 0 aromatic heterocycles. The van der Waals surface area contributed by atoms with Gasteiger partial charge < -0.3 is 15.8 Å². The van der Waals surface area contributed by atoms with E-state index in [1.54, 1.807) is 18.2 Å². The molecule has 3 N–H and O–H groups in total. The third-order valence-corrected chi connectivity index (χ3v) is 3.99. The van der Waals surface area contributed by atoms with Crippen molar-refractivity contribution >= 4 is 17.3 Å². The monoisotopic (exact) mass is 262 g/mol. The average Bonchev–Trinajstić information content (AvgIpc) is 2.84. The van der Waals surface area contributed by atoms with Crippen LogP contribution in [0.15, 0.2) is 18.2 Å². The van der Waals surface area contributed by atoms with Crippen LogP contribution < -0.4 is 11.1 Å². The SMILES string of the molecule is COC(=O)c1ccc(N)c(NCC2(C)CCCC2)c1. The minimum absolute atomic E-state index is 0.338. The van der Waals surface area contributed by atoms with Crippen LogP contribution in [0.1, 0.15) is 43.0 Å². The van der Waals surface area contributed by atoms with Gasteiger partial charge in [0.15, 0.2) is 0 Å². The Morgan fingerprint density at radius 3 is 2.74 bits per heavy atom. The average molecular weight is 262 g/mol. The second kappa shape index (κ2) is 5.51. The normalized spacial score (nSPS) is 17.2. The van der Waals surface area contributed by atoms with Gasteiger partial charge >= 0.3 is 5.97 Å². The molecule has 0 atom stereocenters. The lowest BCUT2D eigenvalue weighted by Gasteiger charge is -2.25. The Morgan fingerprint density at radius 2 is 2.11 bits per heavy atom. The molecule has 0 spiro atoms. The largest absolute Gasteiger partial charge is 0.465 e. The highest BCUT2D eigenvalue weighted by molar-refractivity contribution is 5.91. The van der Waals surface area contributed by atoms with Gasteiger partial charge in [-0.05, 0) is 36.5 Å². The number of esters is 1. The maximum atomic E-state index is 11.5. The molecule has 4 heteroatoms. The fraction of sp³-hybridized carbons (Fsp3) is 0.533. The first-order valence-corrected chi connectivity index (χ1v) is 6.76. The van der Waals surface area contributed by atoms with Gasteiger partial charge in [0.25, 0.3) is 0 Å². The van der Waals surface area contributed by atoms with Crippen LogP contribution in [-0.4, -0.2) is 19.6 Å². The maximum absolute atomic E-state index is 11.5. The number of nitrogen functional groups attached to an aromatic ring is 1. The van der Waals surface area contributed by atoms with Crippen LogP contribution in [0.5, 0.6) is 0 Å². The number of benzene rings is 1. The Kier molecular flexibility index (Phi) is 3.98. The predicted molar refractivity (Wildman–Crippen MR) is 77.3 cm³/mol. The Labute approximate surface area is 114 Å². The molecule has 104 valence electrons. The van der Waals surface area contributed by atoms with Gasteiger partial charge in [0.05, 0.1) is 24.0 Å². The first-order chi connectivity index (χ1) is 9.04. The summed E-state index contributed by atoms with van der Waals surface area (Å²) in [5.41, 5.74) is 8.29. The lowest BCUT2D eigenvalue weighted by Crippen LogP contribution is -2.23. The highest BCUT2D eigenvalue weighted by atomic mass is 16.5. The molecule has 4 nitrogen and oxygen atoms in total. The highest BCUT2D eigenvalue weighted by Gasteiger charge is 2.28. The van der Waals surface area contributed by atoms with Crippen LogP contribution in [0.4, 0.5) is 11.4 Å². The maximum Gasteiger partial charge on any atom is 0.337 e. The zero-order valence-electron chi connectivity index (χ0n) is 11.7. The van der Waals surface area contributed by atoms with E-state index in [-0.39, 0.29) is 5.97 Å². The van der Waals surface area contributed by atoms with Crippen molar-refractivity contribution in [3.8, 4) is 0 Å². The molecule has 1 aromatic carbocycles. The zero-order valence-corrected chi connectivity index (χ0v) is 11.7. The lowest BCUT2D eigenvalue weighted by atomic mass is 9.89. The molecular formula is C15H22N2O2. The number of carbonyl (C=O) groups is 1. The minimum atomic E-state index is -0.338. The summed E-state index contributed by atoms with van der Waals surface area (Å²) in [6, 6.07) is 5.19. The van der Waals surface area contributed by atoms with Crippen LogP contribution in [-0.2, 0) is 4.74 Å². The number of ether oxygens (including phenoxy) is 1. The third kappa shape index (κ3) is 3.19. The Hall–Kier alpha value is -1.71. The van der Waals surface area contributed by atoms with E-state index in [1.807, 2.05) is 0 Å². The quantitative estimate of drug-likeness (QED) is 0.646. The van der Waals surface area contributed by atoms with Gasteiger partial charge in [0, 0.05) is 6.54 Å². The van der Waals surface area contributed by atoms with Gasteiger partial charge in [-0.25, -0.2) is 4.79 Å². The molecule has 0 aliphatic heterocycles. The standard InChI is InChI=1S/C15H22N2O2/c1-15(7-3-4-8-15)10-17-13-9-11(14(18)19-2)5-6-12(13)16/h5-6,9,17H,3-4,7-8,10,16H2,1-2H3. The zero-order chi connectivity index (χ0) is 13.9. The number of nitrogens with one attached hydrogen (secondary N) is 1. The van der Waals surface area contributed by atoms with Crippen molar-refractivity contribution in [1.29, 1.82) is 0 Å². The fourth-order valence-corrected chi connectivity index (χ4v) is 2.67. The van der Waals surface area contributed by atoms with E-state index in [9.17, 15) is 4.79 Å². The van der Waals surface area contributed by atoms with Gasteiger partial charge in [-0.1, -0.05) is 19.8 Å². The molecule has 0 bridgehead atoms. The van der Waals surface area contributed by atoms with Crippen LogP contribution in [0.2, 0.25) is 0 Å². The topological polar surface area (TPSA) is 64.3 Å². The smallest absolute Gasteiger partial charge is 0.337 e. The fourth-order valence-electron chi connectivity index (χ4n) is 2.67. The summed E-state index contributed by atoms with van der Waals surface area (Å²) in [5.74, 6) is -0.338. The van der Waals surface area contributed by atoms with E-state index in [1.165, 1.54) is 32.8 Å². The molecule has 0 amide bonds. The first-order valence-electron chi connectivity index (χ1n) is 6.76. The summed E-state index contributed by atoms with van der Waals surface area (Å²) < 4.78 is 4.72. The van der Waals surface area contributed by atoms with E-state index in [4.69, 9.17) is 10.5 Å². The molecule has 1 fully saturated rings. The summed E-state index contributed by atoms with van der Waals surface area (Å²) in [6.45, 7) is 3.19. The van der Waals surface area contributed by atoms with Crippen molar-refractivity contribution in [2.45, 2.75) is 32.6 Å². The van der Waals surface area contributed by atoms with E-state index in [2.05, 4.69) is 12.2 Å². The van der Waals surface area contributed by atoms with Crippen LogP contribution in [0.25, 0.3) is 0 Å². The van der Waals surface area contributed by atoms with Gasteiger partial charge in [-0.15, -0.1) is 0 Å². The number of rotatable bonds is 4. The summed E-state index contributed by atoms with van der Waals surface area (Å²) >= 11 is 0. The van der Waals surface area contributed by atoms with E-state index in [0.29, 0.717) is 16.7 Å². The van der Waals surface area contributed by atoms with Crippen LogP contribution in [0.3, 0.4) is 0 Å². The third-order valence-electron chi connectivity index (χ3n) is 3.99. The summed E-state index contributed by atoms with van der Waals surface area (Å²) in [6.07, 6.45) is 5.10. The molecule has 0 unspecified atom stereocenters. The van der Waals surface area contributed by atoms with Gasteiger partial charge in [-0.3, -0.25) is 0 Å². The second-order valence-corrected chi connectivity index (χ2v) is 5.66. The molecule has 0 heterocycles. The van der Waals surface area contributed by atoms with Gasteiger partial charge in [0.1, 0.15) is 0 Å². The van der Waals surface area contributed by atoms with Crippen LogP contribution in [0, 0.1) is 5.41 Å². The second-order valence-electron chi connectivity index (χ2n) is 5.66. The number of nitrogens with two attached hydrogens (primary N) is 1. The predicted octanol–water partition coefficient (Wildman–Crippen LogP) is 3.05. The number of hydrogen-bond acceptors (Lipinski definition) is 4. The van der Waals surface area contributed by atoms with E-state index >= 15 is 0 Å². The van der Waals surface area contributed by atoms with E-state index in [0.717, 1.165) is 12.2 Å². The Balaban J connectivity index is 2.08. The summed E-state index contributed by atoms with van der Waals surface area (Å²) in [4.78, 5) is 11.5. The lowest BCUT2D eigenvalue weighted by molar-refractivity contribution is 0.0601. The molecule has 1 saturated carbocycles. The highest BCUT2D eigenvalue weighted by Crippen LogP contribution is 2.37.